The second-order valence-electron chi connectivity index (χ2n) is 4.23. The van der Waals surface area contributed by atoms with Crippen LogP contribution in [0.15, 0.2) is 12.1 Å². The van der Waals surface area contributed by atoms with E-state index in [1.807, 2.05) is 4.57 Å². The third-order valence-corrected chi connectivity index (χ3v) is 3.23. The molecule has 1 aromatic carbocycles. The summed E-state index contributed by atoms with van der Waals surface area (Å²) in [4.78, 5) is 15.5. The van der Waals surface area contributed by atoms with Crippen molar-refractivity contribution >= 4 is 28.6 Å². The van der Waals surface area contributed by atoms with Gasteiger partial charge in [-0.2, -0.15) is 0 Å². The van der Waals surface area contributed by atoms with Crippen molar-refractivity contribution in [2.24, 2.45) is 0 Å². The van der Waals surface area contributed by atoms with Crippen molar-refractivity contribution in [1.82, 2.24) is 9.55 Å². The number of hydrogen-bond acceptors (Lipinski definition) is 3. The smallest absolute Gasteiger partial charge is 0.307 e. The first-order chi connectivity index (χ1) is 9.06. The van der Waals surface area contributed by atoms with E-state index in [0.717, 1.165) is 5.52 Å². The molecule has 0 aliphatic heterocycles. The molecule has 0 aliphatic carbocycles. The van der Waals surface area contributed by atoms with E-state index < -0.39 is 0 Å². The minimum Gasteiger partial charge on any atom is -0.469 e. The molecule has 0 radical (unpaired) electrons. The maximum atomic E-state index is 13.5. The monoisotopic (exact) mass is 284 g/mol. The molecule has 0 unspecified atom stereocenters. The maximum absolute atomic E-state index is 13.5. The van der Waals surface area contributed by atoms with Gasteiger partial charge >= 0.3 is 5.97 Å². The van der Waals surface area contributed by atoms with Crippen molar-refractivity contribution in [2.75, 3.05) is 7.11 Å². The van der Waals surface area contributed by atoms with Crippen LogP contribution in [-0.4, -0.2) is 22.6 Å². The van der Waals surface area contributed by atoms with Gasteiger partial charge in [0, 0.05) is 12.6 Å². The third kappa shape index (κ3) is 2.71. The van der Waals surface area contributed by atoms with Gasteiger partial charge in [0.2, 0.25) is 0 Å². The van der Waals surface area contributed by atoms with Crippen molar-refractivity contribution in [2.45, 2.75) is 25.8 Å². The number of aryl methyl sites for hydroxylation is 2. The van der Waals surface area contributed by atoms with Crippen LogP contribution in [0.3, 0.4) is 0 Å². The predicted octanol–water partition coefficient (Wildman–Crippen LogP) is 2.79. The van der Waals surface area contributed by atoms with Crippen LogP contribution < -0.4 is 0 Å². The molecule has 19 heavy (non-hydrogen) atoms. The molecule has 102 valence electrons. The SMILES string of the molecule is COC(=O)CCn1c(CCl)nc2cc(F)c(C)cc21. The molecule has 6 heteroatoms. The Morgan fingerprint density at radius 2 is 2.26 bits per heavy atom. The third-order valence-electron chi connectivity index (χ3n) is 2.99. The molecule has 2 rings (SSSR count). The summed E-state index contributed by atoms with van der Waals surface area (Å²) in [5.74, 6) is 0.217. The highest BCUT2D eigenvalue weighted by molar-refractivity contribution is 6.16. The van der Waals surface area contributed by atoms with Crippen LogP contribution in [0.4, 0.5) is 4.39 Å². The van der Waals surface area contributed by atoms with E-state index in [1.165, 1.54) is 13.2 Å². The van der Waals surface area contributed by atoms with Gasteiger partial charge in [0.1, 0.15) is 11.6 Å². The lowest BCUT2D eigenvalue weighted by atomic mass is 10.2. The van der Waals surface area contributed by atoms with Crippen LogP contribution in [0.25, 0.3) is 11.0 Å². The summed E-state index contributed by atoms with van der Waals surface area (Å²) >= 11 is 5.84. The second-order valence-corrected chi connectivity index (χ2v) is 4.50. The molecular formula is C13H14ClFN2O2. The van der Waals surface area contributed by atoms with Crippen LogP contribution in [0.2, 0.25) is 0 Å². The highest BCUT2D eigenvalue weighted by Crippen LogP contribution is 2.21. The average molecular weight is 285 g/mol. The Balaban J connectivity index is 2.44. The molecule has 1 heterocycles. The summed E-state index contributed by atoms with van der Waals surface area (Å²) < 4.78 is 19.9. The van der Waals surface area contributed by atoms with Crippen molar-refractivity contribution in [3.8, 4) is 0 Å². The molecule has 0 bridgehead atoms. The molecule has 0 spiro atoms. The minimum absolute atomic E-state index is 0.205. The number of carbonyl (C=O) groups is 1. The zero-order valence-corrected chi connectivity index (χ0v) is 11.5. The first-order valence-electron chi connectivity index (χ1n) is 5.85. The summed E-state index contributed by atoms with van der Waals surface area (Å²) in [6.45, 7) is 2.10. The first kappa shape index (κ1) is 13.8. The molecule has 0 aliphatic rings. The van der Waals surface area contributed by atoms with Gasteiger partial charge in [0.05, 0.1) is 30.4 Å². The lowest BCUT2D eigenvalue weighted by Gasteiger charge is -2.07. The van der Waals surface area contributed by atoms with Gasteiger partial charge in [-0.15, -0.1) is 11.6 Å². The molecule has 0 N–H and O–H groups in total. The standard InChI is InChI=1S/C13H14ClFN2O2/c1-8-5-11-10(6-9(8)15)16-12(7-14)17(11)4-3-13(18)19-2/h5-6H,3-4,7H2,1-2H3. The maximum Gasteiger partial charge on any atom is 0.307 e. The Kier molecular flexibility index (Phi) is 4.04. The van der Waals surface area contributed by atoms with Gasteiger partial charge in [-0.1, -0.05) is 0 Å². The van der Waals surface area contributed by atoms with Crippen LogP contribution in [-0.2, 0) is 22.0 Å². The van der Waals surface area contributed by atoms with E-state index in [2.05, 4.69) is 9.72 Å². The van der Waals surface area contributed by atoms with Gasteiger partial charge in [-0.05, 0) is 18.6 Å². The number of hydrogen-bond donors (Lipinski definition) is 0. The number of benzene rings is 1. The summed E-state index contributed by atoms with van der Waals surface area (Å²) in [7, 11) is 1.34. The van der Waals surface area contributed by atoms with E-state index in [-0.39, 0.29) is 24.1 Å². The van der Waals surface area contributed by atoms with Crippen LogP contribution in [0, 0.1) is 12.7 Å². The normalized spacial score (nSPS) is 10.9. The van der Waals surface area contributed by atoms with E-state index in [4.69, 9.17) is 11.6 Å². The van der Waals surface area contributed by atoms with Crippen LogP contribution in [0.5, 0.6) is 0 Å². The second kappa shape index (κ2) is 5.57. The molecule has 4 nitrogen and oxygen atoms in total. The molecule has 0 fully saturated rings. The molecule has 2 aromatic rings. The van der Waals surface area contributed by atoms with Gasteiger partial charge in [0.25, 0.3) is 0 Å². The van der Waals surface area contributed by atoms with Crippen LogP contribution in [0.1, 0.15) is 17.8 Å². The van der Waals surface area contributed by atoms with E-state index in [9.17, 15) is 9.18 Å². The molecule has 1 aromatic heterocycles. The Morgan fingerprint density at radius 3 is 2.89 bits per heavy atom. The lowest BCUT2D eigenvalue weighted by Crippen LogP contribution is -2.09. The number of imidazole rings is 1. The summed E-state index contributed by atoms with van der Waals surface area (Å²) in [6.07, 6.45) is 0.224. The largest absolute Gasteiger partial charge is 0.469 e. The summed E-state index contributed by atoms with van der Waals surface area (Å²) in [6, 6.07) is 3.10. The quantitative estimate of drug-likeness (QED) is 0.640. The number of halogens is 2. The minimum atomic E-state index is -0.304. The summed E-state index contributed by atoms with van der Waals surface area (Å²) in [5, 5.41) is 0. The Hall–Kier alpha value is -1.62. The molecule has 0 amide bonds. The fraction of sp³-hybridized carbons (Fsp3) is 0.385. The van der Waals surface area contributed by atoms with Gasteiger partial charge in [-0.3, -0.25) is 4.79 Å². The number of ether oxygens (including phenoxy) is 1. The number of nitrogens with zero attached hydrogens (tertiary/aromatic N) is 2. The number of esters is 1. The zero-order chi connectivity index (χ0) is 14.0. The predicted molar refractivity (Wildman–Crippen MR) is 70.6 cm³/mol. The van der Waals surface area contributed by atoms with E-state index >= 15 is 0 Å². The van der Waals surface area contributed by atoms with E-state index in [1.54, 1.807) is 13.0 Å². The molecule has 0 saturated heterocycles. The number of fused-ring (bicyclic) bond motifs is 1. The van der Waals surface area contributed by atoms with Crippen molar-refractivity contribution < 1.29 is 13.9 Å². The van der Waals surface area contributed by atoms with Gasteiger partial charge < -0.3 is 9.30 Å². The van der Waals surface area contributed by atoms with Crippen LogP contribution >= 0.6 is 11.6 Å². The Bertz CT molecular complexity index is 625. The van der Waals surface area contributed by atoms with Gasteiger partial charge in [0.15, 0.2) is 0 Å². The van der Waals surface area contributed by atoms with Crippen molar-refractivity contribution in [3.05, 3.63) is 29.3 Å². The summed E-state index contributed by atoms with van der Waals surface area (Å²) in [5.41, 5.74) is 1.86. The first-order valence-corrected chi connectivity index (χ1v) is 6.38. The number of carbonyl (C=O) groups excluding carboxylic acids is 1. The fourth-order valence-electron chi connectivity index (χ4n) is 1.96. The van der Waals surface area contributed by atoms with Gasteiger partial charge in [-0.25, -0.2) is 9.37 Å². The zero-order valence-electron chi connectivity index (χ0n) is 10.7. The molecular weight excluding hydrogens is 271 g/mol. The number of aromatic nitrogens is 2. The molecule has 0 atom stereocenters. The molecule has 0 saturated carbocycles. The average Bonchev–Trinajstić information content (AvgIpc) is 2.73. The fourth-order valence-corrected chi connectivity index (χ4v) is 2.16. The Labute approximate surface area is 115 Å². The van der Waals surface area contributed by atoms with E-state index in [0.29, 0.717) is 23.4 Å². The number of alkyl halides is 1. The topological polar surface area (TPSA) is 44.1 Å². The highest BCUT2D eigenvalue weighted by Gasteiger charge is 2.13. The van der Waals surface area contributed by atoms with Crippen molar-refractivity contribution in [3.63, 3.8) is 0 Å². The number of rotatable bonds is 4. The number of methoxy groups -OCH3 is 1. The lowest BCUT2D eigenvalue weighted by molar-refractivity contribution is -0.140. The Morgan fingerprint density at radius 1 is 1.53 bits per heavy atom. The van der Waals surface area contributed by atoms with Crippen molar-refractivity contribution in [1.29, 1.82) is 0 Å². The highest BCUT2D eigenvalue weighted by atomic mass is 35.5.